The summed E-state index contributed by atoms with van der Waals surface area (Å²) in [4.78, 5) is 25.1. The molecule has 1 heterocycles. The Labute approximate surface area is 143 Å². The van der Waals surface area contributed by atoms with Crippen molar-refractivity contribution in [2.24, 2.45) is 0 Å². The molecule has 4 heteroatoms. The molecule has 0 spiro atoms. The minimum absolute atomic E-state index is 0.124. The molecule has 0 saturated carbocycles. The topological polar surface area (TPSA) is 37.4 Å². The van der Waals surface area contributed by atoms with Crippen molar-refractivity contribution in [3.05, 3.63) is 35.9 Å². The summed E-state index contributed by atoms with van der Waals surface area (Å²) in [7, 11) is 0. The number of amides is 1. The second-order valence-electron chi connectivity index (χ2n) is 6.21. The number of likely N-dealkylation sites (tertiary alicyclic amines) is 1. The summed E-state index contributed by atoms with van der Waals surface area (Å²) in [6.45, 7) is 0.318. The Morgan fingerprint density at radius 1 is 1.13 bits per heavy atom. The van der Waals surface area contributed by atoms with Crippen molar-refractivity contribution in [1.29, 1.82) is 0 Å². The average molecular weight is 333 g/mol. The number of hydrogen-bond acceptors (Lipinski definition) is 3. The highest BCUT2D eigenvalue weighted by atomic mass is 32.2. The maximum absolute atomic E-state index is 11.9. The van der Waals surface area contributed by atoms with Crippen molar-refractivity contribution in [3.8, 4) is 0 Å². The molecule has 1 fully saturated rings. The second kappa shape index (κ2) is 9.76. The molecule has 0 N–H and O–H groups in total. The molecule has 1 aromatic rings. The minimum Gasteiger partial charge on any atom is -0.323 e. The van der Waals surface area contributed by atoms with Gasteiger partial charge in [-0.2, -0.15) is 0 Å². The standard InChI is InChI=1S/C19H27NO2S/c1-23-19-14-18(22)20(19)15-17(21)13-9-4-2-3-6-10-16-11-7-5-8-12-16/h5,7-8,11-12,19H,2-4,6,9-10,13-15H2,1H3. The highest BCUT2D eigenvalue weighted by molar-refractivity contribution is 7.99. The number of β-lactam (4-membered cyclic amide) rings is 1. The predicted octanol–water partition coefficient (Wildman–Crippen LogP) is 4.06. The van der Waals surface area contributed by atoms with Gasteiger partial charge in [-0.15, -0.1) is 11.8 Å². The van der Waals surface area contributed by atoms with E-state index in [9.17, 15) is 9.59 Å². The van der Waals surface area contributed by atoms with Crippen molar-refractivity contribution >= 4 is 23.5 Å². The van der Waals surface area contributed by atoms with Crippen LogP contribution in [0.1, 0.15) is 50.5 Å². The average Bonchev–Trinajstić information content (AvgIpc) is 2.57. The summed E-state index contributed by atoms with van der Waals surface area (Å²) in [6, 6.07) is 10.6. The molecule has 1 unspecified atom stereocenters. The van der Waals surface area contributed by atoms with Crippen LogP contribution >= 0.6 is 11.8 Å². The van der Waals surface area contributed by atoms with E-state index in [0.29, 0.717) is 19.4 Å². The normalized spacial score (nSPS) is 17.2. The van der Waals surface area contributed by atoms with Crippen LogP contribution in [0.15, 0.2) is 30.3 Å². The Morgan fingerprint density at radius 2 is 1.83 bits per heavy atom. The van der Waals surface area contributed by atoms with Crippen LogP contribution in [0.4, 0.5) is 0 Å². The molecule has 2 rings (SSSR count). The Balaban J connectivity index is 1.47. The molecule has 1 aliphatic rings. The van der Waals surface area contributed by atoms with Crippen molar-refractivity contribution in [3.63, 3.8) is 0 Å². The van der Waals surface area contributed by atoms with Gasteiger partial charge in [0.25, 0.3) is 0 Å². The van der Waals surface area contributed by atoms with Crippen LogP contribution in [0.2, 0.25) is 0 Å². The fourth-order valence-electron chi connectivity index (χ4n) is 2.92. The quantitative estimate of drug-likeness (QED) is 0.453. The smallest absolute Gasteiger partial charge is 0.226 e. The zero-order valence-electron chi connectivity index (χ0n) is 14.0. The van der Waals surface area contributed by atoms with Crippen LogP contribution in [0.5, 0.6) is 0 Å². The number of nitrogens with zero attached hydrogens (tertiary/aromatic N) is 1. The lowest BCUT2D eigenvalue weighted by Crippen LogP contribution is -2.52. The Hall–Kier alpha value is -1.29. The maximum atomic E-state index is 11.9. The largest absolute Gasteiger partial charge is 0.323 e. The number of benzene rings is 1. The van der Waals surface area contributed by atoms with Crippen LogP contribution in [0, 0.1) is 0 Å². The molecule has 126 valence electrons. The third-order valence-corrected chi connectivity index (χ3v) is 5.37. The molecule has 0 radical (unpaired) electrons. The molecule has 1 aliphatic heterocycles. The number of unbranched alkanes of at least 4 members (excludes halogenated alkanes) is 4. The van der Waals surface area contributed by atoms with Crippen molar-refractivity contribution in [2.75, 3.05) is 12.8 Å². The fourth-order valence-corrected chi connectivity index (χ4v) is 3.68. The van der Waals surface area contributed by atoms with Crippen LogP contribution in [-0.4, -0.2) is 34.8 Å². The van der Waals surface area contributed by atoms with E-state index in [2.05, 4.69) is 30.3 Å². The van der Waals surface area contributed by atoms with Gasteiger partial charge in [0.2, 0.25) is 5.91 Å². The van der Waals surface area contributed by atoms with Gasteiger partial charge < -0.3 is 4.90 Å². The molecular formula is C19H27NO2S. The molecular weight excluding hydrogens is 306 g/mol. The molecule has 0 aromatic heterocycles. The highest BCUT2D eigenvalue weighted by Crippen LogP contribution is 2.27. The second-order valence-corrected chi connectivity index (χ2v) is 7.22. The lowest BCUT2D eigenvalue weighted by atomic mass is 10.0. The predicted molar refractivity (Wildman–Crippen MR) is 96.5 cm³/mol. The number of Topliss-reactive ketones (excluding diaryl/α,β-unsaturated/α-hetero) is 1. The van der Waals surface area contributed by atoms with E-state index >= 15 is 0 Å². The SMILES string of the molecule is CSC1CC(=O)N1CC(=O)CCCCCCCc1ccccc1. The number of thioether (sulfide) groups is 1. The first-order valence-corrected chi connectivity index (χ1v) is 9.87. The van der Waals surface area contributed by atoms with Gasteiger partial charge in [-0.1, -0.05) is 49.6 Å². The first kappa shape index (κ1) is 18.1. The van der Waals surface area contributed by atoms with E-state index in [1.807, 2.05) is 6.26 Å². The first-order valence-electron chi connectivity index (χ1n) is 8.58. The first-order chi connectivity index (χ1) is 11.2. The number of carbonyl (C=O) groups excluding carboxylic acids is 2. The zero-order chi connectivity index (χ0) is 16.5. The minimum atomic E-state index is 0.124. The van der Waals surface area contributed by atoms with Gasteiger partial charge in [-0.05, 0) is 31.1 Å². The molecule has 23 heavy (non-hydrogen) atoms. The van der Waals surface area contributed by atoms with Crippen LogP contribution < -0.4 is 0 Å². The molecule has 1 saturated heterocycles. The summed E-state index contributed by atoms with van der Waals surface area (Å²) in [6.07, 6.45) is 10.0. The summed E-state index contributed by atoms with van der Waals surface area (Å²) < 4.78 is 0. The van der Waals surface area contributed by atoms with E-state index in [4.69, 9.17) is 0 Å². The van der Waals surface area contributed by atoms with Gasteiger partial charge in [0, 0.05) is 6.42 Å². The van der Waals surface area contributed by atoms with Gasteiger partial charge in [0.1, 0.15) is 0 Å². The number of ketones is 1. The Kier molecular flexibility index (Phi) is 7.66. The molecule has 1 amide bonds. The number of hydrogen-bond donors (Lipinski definition) is 0. The summed E-state index contributed by atoms with van der Waals surface area (Å²) >= 11 is 1.65. The Bertz CT molecular complexity index is 503. The molecule has 0 aliphatic carbocycles. The van der Waals surface area contributed by atoms with Crippen molar-refractivity contribution in [2.45, 2.75) is 56.7 Å². The lowest BCUT2D eigenvalue weighted by Gasteiger charge is -2.38. The third-order valence-electron chi connectivity index (χ3n) is 4.40. The van der Waals surface area contributed by atoms with E-state index in [1.54, 1.807) is 16.7 Å². The number of rotatable bonds is 11. The monoisotopic (exact) mass is 333 g/mol. The van der Waals surface area contributed by atoms with Crippen LogP contribution in [-0.2, 0) is 16.0 Å². The maximum Gasteiger partial charge on any atom is 0.226 e. The van der Waals surface area contributed by atoms with E-state index in [-0.39, 0.29) is 17.1 Å². The van der Waals surface area contributed by atoms with E-state index < -0.39 is 0 Å². The molecule has 0 bridgehead atoms. The lowest BCUT2D eigenvalue weighted by molar-refractivity contribution is -0.144. The fraction of sp³-hybridized carbons (Fsp3) is 0.579. The van der Waals surface area contributed by atoms with Crippen molar-refractivity contribution < 1.29 is 9.59 Å². The highest BCUT2D eigenvalue weighted by Gasteiger charge is 2.36. The third kappa shape index (κ3) is 6.02. The van der Waals surface area contributed by atoms with Gasteiger partial charge in [-0.25, -0.2) is 0 Å². The zero-order valence-corrected chi connectivity index (χ0v) is 14.8. The molecule has 1 atom stereocenters. The van der Waals surface area contributed by atoms with Crippen LogP contribution in [0.3, 0.4) is 0 Å². The van der Waals surface area contributed by atoms with Gasteiger partial charge in [0.05, 0.1) is 18.3 Å². The Morgan fingerprint density at radius 3 is 2.52 bits per heavy atom. The van der Waals surface area contributed by atoms with Gasteiger partial charge in [0.15, 0.2) is 5.78 Å². The summed E-state index contributed by atoms with van der Waals surface area (Å²) in [5.41, 5.74) is 1.41. The number of carbonyl (C=O) groups is 2. The van der Waals surface area contributed by atoms with E-state index in [1.165, 1.54) is 24.8 Å². The molecule has 3 nitrogen and oxygen atoms in total. The van der Waals surface area contributed by atoms with Crippen LogP contribution in [0.25, 0.3) is 0 Å². The number of aryl methyl sites for hydroxylation is 1. The summed E-state index contributed by atoms with van der Waals surface area (Å²) in [5.74, 6) is 0.333. The van der Waals surface area contributed by atoms with Gasteiger partial charge >= 0.3 is 0 Å². The van der Waals surface area contributed by atoms with E-state index in [0.717, 1.165) is 19.3 Å². The van der Waals surface area contributed by atoms with Gasteiger partial charge in [-0.3, -0.25) is 9.59 Å². The molecule has 1 aromatic carbocycles. The summed E-state index contributed by atoms with van der Waals surface area (Å²) in [5, 5.41) is 0.226. The van der Waals surface area contributed by atoms with Crippen molar-refractivity contribution in [1.82, 2.24) is 4.90 Å².